The maximum Gasteiger partial charge on any atom is 0.320 e. The Morgan fingerprint density at radius 2 is 2.10 bits per heavy atom. The van der Waals surface area contributed by atoms with Gasteiger partial charge in [0.25, 0.3) is 0 Å². The summed E-state index contributed by atoms with van der Waals surface area (Å²) in [7, 11) is 0. The molecule has 0 bridgehead atoms. The fraction of sp³-hybridized carbons (Fsp3) is 0.312. The Balaban J connectivity index is 2.05. The SMILES string of the molecule is CC(C)[C@H](NCc1ccc(-c2cccc(Cl)c2)s1)C(=O)O. The highest BCUT2D eigenvalue weighted by Crippen LogP contribution is 2.29. The van der Waals surface area contributed by atoms with Gasteiger partial charge in [-0.15, -0.1) is 11.3 Å². The fourth-order valence-corrected chi connectivity index (χ4v) is 3.23. The van der Waals surface area contributed by atoms with Crippen molar-refractivity contribution in [2.75, 3.05) is 0 Å². The first kappa shape index (κ1) is 16.0. The molecule has 0 radical (unpaired) electrons. The summed E-state index contributed by atoms with van der Waals surface area (Å²) in [5.41, 5.74) is 1.08. The summed E-state index contributed by atoms with van der Waals surface area (Å²) >= 11 is 7.65. The first-order chi connectivity index (χ1) is 9.97. The third-order valence-electron chi connectivity index (χ3n) is 3.20. The molecule has 0 amide bonds. The van der Waals surface area contributed by atoms with E-state index in [0.29, 0.717) is 11.6 Å². The van der Waals surface area contributed by atoms with Crippen LogP contribution in [0.2, 0.25) is 5.02 Å². The minimum Gasteiger partial charge on any atom is -0.480 e. The number of aliphatic carboxylic acids is 1. The third kappa shape index (κ3) is 4.30. The van der Waals surface area contributed by atoms with Gasteiger partial charge in [0.2, 0.25) is 0 Å². The topological polar surface area (TPSA) is 49.3 Å². The number of nitrogens with one attached hydrogen (secondary N) is 1. The van der Waals surface area contributed by atoms with Crippen LogP contribution in [0.15, 0.2) is 36.4 Å². The number of hydrogen-bond acceptors (Lipinski definition) is 3. The van der Waals surface area contributed by atoms with E-state index < -0.39 is 12.0 Å². The molecular weight excluding hydrogens is 306 g/mol. The van der Waals surface area contributed by atoms with Gasteiger partial charge >= 0.3 is 5.97 Å². The Labute approximate surface area is 133 Å². The summed E-state index contributed by atoms with van der Waals surface area (Å²) in [6.45, 7) is 4.36. The molecule has 0 aliphatic heterocycles. The summed E-state index contributed by atoms with van der Waals surface area (Å²) in [5.74, 6) is -0.758. The Morgan fingerprint density at radius 3 is 2.71 bits per heavy atom. The van der Waals surface area contributed by atoms with E-state index in [9.17, 15) is 4.79 Å². The average molecular weight is 324 g/mol. The van der Waals surface area contributed by atoms with E-state index in [1.165, 1.54) is 0 Å². The van der Waals surface area contributed by atoms with E-state index in [4.69, 9.17) is 16.7 Å². The number of carbonyl (C=O) groups is 1. The van der Waals surface area contributed by atoms with Crippen molar-refractivity contribution < 1.29 is 9.90 Å². The molecule has 0 fully saturated rings. The van der Waals surface area contributed by atoms with Crippen molar-refractivity contribution >= 4 is 28.9 Å². The standard InChI is InChI=1S/C16H18ClNO2S/c1-10(2)15(16(19)20)18-9-13-6-7-14(21-13)11-4-3-5-12(17)8-11/h3-8,10,15,18H,9H2,1-2H3,(H,19,20)/t15-/m0/s1. The molecule has 0 spiro atoms. The lowest BCUT2D eigenvalue weighted by Crippen LogP contribution is -2.40. The lowest BCUT2D eigenvalue weighted by atomic mass is 10.1. The monoisotopic (exact) mass is 323 g/mol. The summed E-state index contributed by atoms with van der Waals surface area (Å²) in [6, 6.07) is 11.3. The highest BCUT2D eigenvalue weighted by Gasteiger charge is 2.20. The van der Waals surface area contributed by atoms with Crippen molar-refractivity contribution in [2.45, 2.75) is 26.4 Å². The van der Waals surface area contributed by atoms with Crippen LogP contribution in [0.5, 0.6) is 0 Å². The van der Waals surface area contributed by atoms with Gasteiger partial charge in [-0.25, -0.2) is 0 Å². The van der Waals surface area contributed by atoms with Gasteiger partial charge in [0.1, 0.15) is 6.04 Å². The second-order valence-corrected chi connectivity index (χ2v) is 6.82. The van der Waals surface area contributed by atoms with Gasteiger partial charge in [0.05, 0.1) is 0 Å². The van der Waals surface area contributed by atoms with Crippen LogP contribution < -0.4 is 5.32 Å². The van der Waals surface area contributed by atoms with Gasteiger partial charge in [0, 0.05) is 21.3 Å². The van der Waals surface area contributed by atoms with E-state index in [1.807, 2.05) is 50.2 Å². The zero-order valence-corrected chi connectivity index (χ0v) is 13.5. The second kappa shape index (κ2) is 7.07. The largest absolute Gasteiger partial charge is 0.480 e. The molecule has 0 aliphatic rings. The minimum atomic E-state index is -0.809. The molecule has 1 aromatic heterocycles. The number of carboxylic acids is 1. The van der Waals surface area contributed by atoms with Gasteiger partial charge in [0.15, 0.2) is 0 Å². The number of thiophene rings is 1. The van der Waals surface area contributed by atoms with Crippen LogP contribution in [0.4, 0.5) is 0 Å². The summed E-state index contributed by atoms with van der Waals surface area (Å²) in [4.78, 5) is 13.4. The molecule has 5 heteroatoms. The molecule has 2 N–H and O–H groups in total. The summed E-state index contributed by atoms with van der Waals surface area (Å²) in [5, 5.41) is 13.0. The van der Waals surface area contributed by atoms with Gasteiger partial charge in [-0.2, -0.15) is 0 Å². The Hall–Kier alpha value is -1.36. The van der Waals surface area contributed by atoms with Crippen molar-refractivity contribution in [1.29, 1.82) is 0 Å². The second-order valence-electron chi connectivity index (χ2n) is 5.22. The Bertz CT molecular complexity index is 624. The van der Waals surface area contributed by atoms with Crippen LogP contribution >= 0.6 is 22.9 Å². The van der Waals surface area contributed by atoms with Crippen LogP contribution in [-0.4, -0.2) is 17.1 Å². The zero-order valence-electron chi connectivity index (χ0n) is 12.0. The highest BCUT2D eigenvalue weighted by molar-refractivity contribution is 7.15. The van der Waals surface area contributed by atoms with Crippen molar-refractivity contribution in [1.82, 2.24) is 5.32 Å². The van der Waals surface area contributed by atoms with Gasteiger partial charge in [-0.05, 0) is 35.7 Å². The molecule has 0 saturated carbocycles. The van der Waals surface area contributed by atoms with E-state index in [-0.39, 0.29) is 5.92 Å². The molecule has 0 saturated heterocycles. The smallest absolute Gasteiger partial charge is 0.320 e. The molecular formula is C16H18ClNO2S. The van der Waals surface area contributed by atoms with E-state index in [0.717, 1.165) is 15.3 Å². The van der Waals surface area contributed by atoms with E-state index >= 15 is 0 Å². The van der Waals surface area contributed by atoms with Crippen LogP contribution in [-0.2, 0) is 11.3 Å². The van der Waals surface area contributed by atoms with Crippen molar-refractivity contribution in [3.05, 3.63) is 46.3 Å². The minimum absolute atomic E-state index is 0.0508. The predicted molar refractivity (Wildman–Crippen MR) is 87.9 cm³/mol. The van der Waals surface area contributed by atoms with Crippen molar-refractivity contribution in [2.24, 2.45) is 5.92 Å². The van der Waals surface area contributed by atoms with E-state index in [1.54, 1.807) is 11.3 Å². The summed E-state index contributed by atoms with van der Waals surface area (Å²) in [6.07, 6.45) is 0. The normalized spacial score (nSPS) is 12.6. The first-order valence-corrected chi connectivity index (χ1v) is 7.97. The molecule has 3 nitrogen and oxygen atoms in total. The van der Waals surface area contributed by atoms with Crippen LogP contribution in [0.25, 0.3) is 10.4 Å². The van der Waals surface area contributed by atoms with Crippen LogP contribution in [0.1, 0.15) is 18.7 Å². The summed E-state index contributed by atoms with van der Waals surface area (Å²) < 4.78 is 0. The number of hydrogen-bond donors (Lipinski definition) is 2. The molecule has 21 heavy (non-hydrogen) atoms. The van der Waals surface area contributed by atoms with Gasteiger partial charge in [-0.3, -0.25) is 10.1 Å². The lowest BCUT2D eigenvalue weighted by Gasteiger charge is -2.17. The molecule has 2 aromatic rings. The molecule has 2 rings (SSSR count). The van der Waals surface area contributed by atoms with E-state index in [2.05, 4.69) is 5.32 Å². The maximum absolute atomic E-state index is 11.2. The molecule has 1 heterocycles. The average Bonchev–Trinajstić information content (AvgIpc) is 2.87. The Morgan fingerprint density at radius 1 is 1.33 bits per heavy atom. The lowest BCUT2D eigenvalue weighted by molar-refractivity contribution is -0.140. The Kier molecular flexibility index (Phi) is 5.39. The van der Waals surface area contributed by atoms with Gasteiger partial charge in [-0.1, -0.05) is 37.6 Å². The van der Waals surface area contributed by atoms with Crippen LogP contribution in [0, 0.1) is 5.92 Å². The molecule has 1 atom stereocenters. The number of benzene rings is 1. The maximum atomic E-state index is 11.2. The number of halogens is 1. The molecule has 1 aromatic carbocycles. The molecule has 0 aliphatic carbocycles. The quantitative estimate of drug-likeness (QED) is 0.834. The number of carboxylic acid groups (broad SMARTS) is 1. The molecule has 112 valence electrons. The first-order valence-electron chi connectivity index (χ1n) is 6.78. The van der Waals surface area contributed by atoms with Crippen LogP contribution in [0.3, 0.4) is 0 Å². The van der Waals surface area contributed by atoms with Crippen molar-refractivity contribution in [3.63, 3.8) is 0 Å². The number of rotatable bonds is 6. The third-order valence-corrected chi connectivity index (χ3v) is 4.57. The fourth-order valence-electron chi connectivity index (χ4n) is 2.09. The molecule has 0 unspecified atom stereocenters. The van der Waals surface area contributed by atoms with Crippen molar-refractivity contribution in [3.8, 4) is 10.4 Å². The predicted octanol–water partition coefficient (Wildman–Crippen LogP) is 4.27. The zero-order chi connectivity index (χ0) is 15.4. The highest BCUT2D eigenvalue weighted by atomic mass is 35.5. The van der Waals surface area contributed by atoms with Gasteiger partial charge < -0.3 is 5.11 Å².